The Morgan fingerprint density at radius 2 is 2.35 bits per heavy atom. The Bertz CT molecular complexity index is 524. The molecule has 1 aliphatic rings. The Hall–Kier alpha value is -1.38. The van der Waals surface area contributed by atoms with Gasteiger partial charge in [-0.2, -0.15) is 5.26 Å². The Labute approximate surface area is 124 Å². The molecule has 1 fully saturated rings. The third kappa shape index (κ3) is 3.59. The van der Waals surface area contributed by atoms with Gasteiger partial charge in [0.2, 0.25) is 5.91 Å². The normalized spacial score (nSPS) is 18.6. The van der Waals surface area contributed by atoms with E-state index in [2.05, 4.69) is 16.7 Å². The van der Waals surface area contributed by atoms with E-state index >= 15 is 0 Å². The van der Waals surface area contributed by atoms with E-state index in [-0.39, 0.29) is 5.91 Å². The first kappa shape index (κ1) is 15.0. The molecule has 1 aromatic heterocycles. The van der Waals surface area contributed by atoms with Gasteiger partial charge in [-0.1, -0.05) is 0 Å². The van der Waals surface area contributed by atoms with Gasteiger partial charge in [0.05, 0.1) is 5.56 Å². The van der Waals surface area contributed by atoms with Gasteiger partial charge in [0, 0.05) is 11.3 Å². The van der Waals surface area contributed by atoms with E-state index in [0.717, 1.165) is 30.0 Å². The van der Waals surface area contributed by atoms with Crippen molar-refractivity contribution in [3.8, 4) is 6.07 Å². The maximum atomic E-state index is 12.0. The third-order valence-corrected chi connectivity index (χ3v) is 5.05. The first-order valence-electron chi connectivity index (χ1n) is 7.12. The number of hydrogen-bond acceptors (Lipinski definition) is 4. The van der Waals surface area contributed by atoms with Gasteiger partial charge < -0.3 is 10.6 Å². The Kier molecular flexibility index (Phi) is 5.16. The number of nitrogens with zero attached hydrogens (tertiary/aromatic N) is 1. The molecule has 0 aromatic carbocycles. The highest BCUT2D eigenvalue weighted by molar-refractivity contribution is 7.16. The second kappa shape index (κ2) is 6.87. The smallest absolute Gasteiger partial charge is 0.225 e. The molecule has 1 amide bonds. The molecule has 20 heavy (non-hydrogen) atoms. The van der Waals surface area contributed by atoms with E-state index in [1.165, 1.54) is 24.2 Å². The van der Waals surface area contributed by atoms with Crippen molar-refractivity contribution in [3.63, 3.8) is 0 Å². The van der Waals surface area contributed by atoms with Crippen molar-refractivity contribution in [2.24, 2.45) is 5.92 Å². The van der Waals surface area contributed by atoms with Crippen LogP contribution in [0.1, 0.15) is 41.7 Å². The summed E-state index contributed by atoms with van der Waals surface area (Å²) >= 11 is 1.49. The molecule has 1 aliphatic heterocycles. The Morgan fingerprint density at radius 1 is 1.55 bits per heavy atom. The van der Waals surface area contributed by atoms with Crippen molar-refractivity contribution in [1.82, 2.24) is 5.32 Å². The number of hydrogen-bond donors (Lipinski definition) is 2. The largest absolute Gasteiger partial charge is 0.317 e. The maximum Gasteiger partial charge on any atom is 0.225 e. The molecular formula is C15H21N3OS. The van der Waals surface area contributed by atoms with Crippen molar-refractivity contribution in [3.05, 3.63) is 16.0 Å². The summed E-state index contributed by atoms with van der Waals surface area (Å²) in [5.41, 5.74) is 1.59. The predicted molar refractivity (Wildman–Crippen MR) is 82.0 cm³/mol. The number of anilines is 1. The molecule has 0 aliphatic carbocycles. The number of rotatable bonds is 4. The third-order valence-electron chi connectivity index (χ3n) is 3.93. The minimum atomic E-state index is 0.0216. The first-order chi connectivity index (χ1) is 9.61. The number of thiophene rings is 1. The second-order valence-electron chi connectivity index (χ2n) is 5.40. The molecule has 0 spiro atoms. The quantitative estimate of drug-likeness (QED) is 0.896. The molecule has 0 saturated carbocycles. The van der Waals surface area contributed by atoms with Crippen LogP contribution < -0.4 is 10.6 Å². The highest BCUT2D eigenvalue weighted by Gasteiger charge is 2.17. The number of amides is 1. The number of aryl methyl sites for hydroxylation is 1. The minimum Gasteiger partial charge on any atom is -0.317 e. The molecule has 2 N–H and O–H groups in total. The fourth-order valence-electron chi connectivity index (χ4n) is 2.54. The average Bonchev–Trinajstić information content (AvgIpc) is 2.72. The van der Waals surface area contributed by atoms with Gasteiger partial charge in [0.1, 0.15) is 11.1 Å². The molecule has 1 unspecified atom stereocenters. The fraction of sp³-hybridized carbons (Fsp3) is 0.600. The van der Waals surface area contributed by atoms with Gasteiger partial charge in [-0.3, -0.25) is 4.79 Å². The van der Waals surface area contributed by atoms with Crippen LogP contribution in [-0.4, -0.2) is 19.0 Å². The van der Waals surface area contributed by atoms with Crippen LogP contribution in [-0.2, 0) is 4.79 Å². The summed E-state index contributed by atoms with van der Waals surface area (Å²) in [6.07, 6.45) is 3.87. The number of nitrogens with one attached hydrogen (secondary N) is 2. The number of nitriles is 1. The van der Waals surface area contributed by atoms with Crippen molar-refractivity contribution < 1.29 is 4.79 Å². The zero-order valence-electron chi connectivity index (χ0n) is 12.1. The zero-order valence-corrected chi connectivity index (χ0v) is 12.9. The summed E-state index contributed by atoms with van der Waals surface area (Å²) in [4.78, 5) is 13.1. The van der Waals surface area contributed by atoms with Crippen LogP contribution in [0.3, 0.4) is 0 Å². The Morgan fingerprint density at radius 3 is 3.00 bits per heavy atom. The van der Waals surface area contributed by atoms with E-state index in [1.807, 2.05) is 13.8 Å². The number of carbonyl (C=O) groups is 1. The number of piperidine rings is 1. The summed E-state index contributed by atoms with van der Waals surface area (Å²) in [5, 5.41) is 16.1. The van der Waals surface area contributed by atoms with Crippen LogP contribution >= 0.6 is 11.3 Å². The van der Waals surface area contributed by atoms with Gasteiger partial charge in [-0.25, -0.2) is 0 Å². The van der Waals surface area contributed by atoms with Gasteiger partial charge >= 0.3 is 0 Å². The van der Waals surface area contributed by atoms with Crippen LogP contribution in [0.5, 0.6) is 0 Å². The molecule has 0 radical (unpaired) electrons. The summed E-state index contributed by atoms with van der Waals surface area (Å²) in [5.74, 6) is 0.630. The van der Waals surface area contributed by atoms with E-state index in [9.17, 15) is 4.79 Å². The van der Waals surface area contributed by atoms with Crippen LogP contribution in [0, 0.1) is 31.1 Å². The first-order valence-corrected chi connectivity index (χ1v) is 7.94. The van der Waals surface area contributed by atoms with E-state index < -0.39 is 0 Å². The zero-order chi connectivity index (χ0) is 14.5. The number of carbonyl (C=O) groups excluding carboxylic acids is 1. The Balaban J connectivity index is 1.88. The second-order valence-corrected chi connectivity index (χ2v) is 6.62. The van der Waals surface area contributed by atoms with Crippen LogP contribution in [0.25, 0.3) is 0 Å². The van der Waals surface area contributed by atoms with Crippen LogP contribution in [0.15, 0.2) is 0 Å². The highest BCUT2D eigenvalue weighted by Crippen LogP contribution is 2.31. The lowest BCUT2D eigenvalue weighted by molar-refractivity contribution is -0.116. The molecular weight excluding hydrogens is 270 g/mol. The molecule has 4 nitrogen and oxygen atoms in total. The van der Waals surface area contributed by atoms with E-state index in [4.69, 9.17) is 5.26 Å². The van der Waals surface area contributed by atoms with Crippen molar-refractivity contribution in [2.45, 2.75) is 39.5 Å². The summed E-state index contributed by atoms with van der Waals surface area (Å²) < 4.78 is 0. The summed E-state index contributed by atoms with van der Waals surface area (Å²) in [7, 11) is 0. The molecule has 1 aromatic rings. The van der Waals surface area contributed by atoms with Gasteiger partial charge in [-0.15, -0.1) is 11.3 Å². The van der Waals surface area contributed by atoms with Crippen molar-refractivity contribution >= 4 is 22.2 Å². The SMILES string of the molecule is Cc1sc(NC(=O)CCC2CCCNC2)c(C#N)c1C. The fourth-order valence-corrected chi connectivity index (χ4v) is 3.57. The molecule has 2 heterocycles. The van der Waals surface area contributed by atoms with E-state index in [0.29, 0.717) is 22.9 Å². The van der Waals surface area contributed by atoms with E-state index in [1.54, 1.807) is 0 Å². The summed E-state index contributed by atoms with van der Waals surface area (Å²) in [6.45, 7) is 6.02. The monoisotopic (exact) mass is 291 g/mol. The lowest BCUT2D eigenvalue weighted by Crippen LogP contribution is -2.30. The molecule has 2 rings (SSSR count). The minimum absolute atomic E-state index is 0.0216. The molecule has 1 atom stereocenters. The molecule has 0 bridgehead atoms. The predicted octanol–water partition coefficient (Wildman–Crippen LogP) is 2.95. The lowest BCUT2D eigenvalue weighted by atomic mass is 9.94. The van der Waals surface area contributed by atoms with Gasteiger partial charge in [0.15, 0.2) is 0 Å². The average molecular weight is 291 g/mol. The van der Waals surface area contributed by atoms with Crippen molar-refractivity contribution in [1.29, 1.82) is 5.26 Å². The molecule has 1 saturated heterocycles. The summed E-state index contributed by atoms with van der Waals surface area (Å²) in [6, 6.07) is 2.18. The van der Waals surface area contributed by atoms with Crippen LogP contribution in [0.4, 0.5) is 5.00 Å². The maximum absolute atomic E-state index is 12.0. The highest BCUT2D eigenvalue weighted by atomic mass is 32.1. The lowest BCUT2D eigenvalue weighted by Gasteiger charge is -2.22. The molecule has 5 heteroatoms. The standard InChI is InChI=1S/C15H21N3OS/c1-10-11(2)20-15(13(10)8-16)18-14(19)6-5-12-4-3-7-17-9-12/h12,17H,3-7,9H2,1-2H3,(H,18,19). The van der Waals surface area contributed by atoms with Crippen LogP contribution in [0.2, 0.25) is 0 Å². The van der Waals surface area contributed by atoms with Crippen molar-refractivity contribution in [2.75, 3.05) is 18.4 Å². The van der Waals surface area contributed by atoms with Gasteiger partial charge in [-0.05, 0) is 57.7 Å². The topological polar surface area (TPSA) is 64.9 Å². The van der Waals surface area contributed by atoms with Gasteiger partial charge in [0.25, 0.3) is 0 Å². The molecule has 108 valence electrons.